The molecule has 0 heterocycles. The largest absolute Gasteiger partial charge is 0.0996 e. The second kappa shape index (κ2) is 6.27. The first-order chi connectivity index (χ1) is 6.77. The minimum absolute atomic E-state index is 0.865. The van der Waals surface area contributed by atoms with Gasteiger partial charge in [-0.05, 0) is 31.1 Å². The van der Waals surface area contributed by atoms with Gasteiger partial charge >= 0.3 is 0 Å². The molecular weight excluding hydrogens is 168 g/mol. The van der Waals surface area contributed by atoms with Crippen molar-refractivity contribution >= 4 is 0 Å². The fourth-order valence-corrected chi connectivity index (χ4v) is 2.63. The molecule has 1 aliphatic rings. The van der Waals surface area contributed by atoms with Crippen LogP contribution in [0.3, 0.4) is 0 Å². The number of hydrogen-bond acceptors (Lipinski definition) is 0. The Bertz CT molecular complexity index is 159. The minimum Gasteiger partial charge on any atom is -0.0996 e. The van der Waals surface area contributed by atoms with Gasteiger partial charge in [0.1, 0.15) is 0 Å². The summed E-state index contributed by atoms with van der Waals surface area (Å²) in [4.78, 5) is 0. The van der Waals surface area contributed by atoms with Crippen LogP contribution < -0.4 is 0 Å². The molecule has 1 saturated carbocycles. The Morgan fingerprint density at radius 3 is 2.21 bits per heavy atom. The molecule has 0 spiro atoms. The van der Waals surface area contributed by atoms with Gasteiger partial charge in [0.25, 0.3) is 0 Å². The quantitative estimate of drug-likeness (QED) is 0.543. The second-order valence-corrected chi connectivity index (χ2v) is 4.88. The van der Waals surface area contributed by atoms with Crippen LogP contribution in [0, 0.1) is 11.8 Å². The second-order valence-electron chi connectivity index (χ2n) is 4.88. The SMILES string of the molecule is C=C(CC(CC)CC)C1CCCCC1. The number of rotatable bonds is 5. The zero-order chi connectivity index (χ0) is 10.4. The van der Waals surface area contributed by atoms with Crippen molar-refractivity contribution in [2.45, 2.75) is 65.2 Å². The molecule has 0 aliphatic heterocycles. The third kappa shape index (κ3) is 3.48. The normalized spacial score (nSPS) is 18.8. The molecule has 0 bridgehead atoms. The molecule has 0 aromatic carbocycles. The third-order valence-electron chi connectivity index (χ3n) is 3.89. The highest BCUT2D eigenvalue weighted by atomic mass is 14.2. The first-order valence-corrected chi connectivity index (χ1v) is 6.45. The van der Waals surface area contributed by atoms with Crippen LogP contribution in [0.25, 0.3) is 0 Å². The Hall–Kier alpha value is -0.260. The third-order valence-corrected chi connectivity index (χ3v) is 3.89. The molecule has 1 aliphatic carbocycles. The molecule has 0 aromatic heterocycles. The summed E-state index contributed by atoms with van der Waals surface area (Å²) in [6.07, 6.45) is 11.1. The summed E-state index contributed by atoms with van der Waals surface area (Å²) in [6, 6.07) is 0. The van der Waals surface area contributed by atoms with E-state index in [0.29, 0.717) is 0 Å². The van der Waals surface area contributed by atoms with Crippen molar-refractivity contribution in [1.29, 1.82) is 0 Å². The van der Waals surface area contributed by atoms with Crippen LogP contribution in [0.2, 0.25) is 0 Å². The maximum Gasteiger partial charge on any atom is -0.0206 e. The summed E-state index contributed by atoms with van der Waals surface area (Å²) in [5.74, 6) is 1.76. The van der Waals surface area contributed by atoms with Crippen molar-refractivity contribution in [3.63, 3.8) is 0 Å². The molecule has 0 unspecified atom stereocenters. The predicted molar refractivity (Wildman–Crippen MR) is 64.4 cm³/mol. The first kappa shape index (κ1) is 11.8. The lowest BCUT2D eigenvalue weighted by Crippen LogP contribution is -2.11. The van der Waals surface area contributed by atoms with Crippen LogP contribution in [0.5, 0.6) is 0 Å². The molecule has 82 valence electrons. The molecule has 0 radical (unpaired) electrons. The summed E-state index contributed by atoms with van der Waals surface area (Å²) < 4.78 is 0. The van der Waals surface area contributed by atoms with E-state index in [1.807, 2.05) is 0 Å². The Labute approximate surface area is 89.8 Å². The van der Waals surface area contributed by atoms with E-state index < -0.39 is 0 Å². The van der Waals surface area contributed by atoms with Gasteiger partial charge in [0, 0.05) is 0 Å². The number of allylic oxidation sites excluding steroid dienone is 1. The maximum absolute atomic E-state index is 4.31. The molecule has 0 nitrogen and oxygen atoms in total. The van der Waals surface area contributed by atoms with Gasteiger partial charge in [0.15, 0.2) is 0 Å². The molecular formula is C14H26. The van der Waals surface area contributed by atoms with E-state index in [-0.39, 0.29) is 0 Å². The molecule has 1 rings (SSSR count). The lowest BCUT2D eigenvalue weighted by atomic mass is 9.80. The van der Waals surface area contributed by atoms with Crippen LogP contribution >= 0.6 is 0 Å². The van der Waals surface area contributed by atoms with E-state index in [9.17, 15) is 0 Å². The summed E-state index contributed by atoms with van der Waals surface area (Å²) in [5, 5.41) is 0. The lowest BCUT2D eigenvalue weighted by molar-refractivity contribution is 0.373. The highest BCUT2D eigenvalue weighted by Gasteiger charge is 2.17. The smallest absolute Gasteiger partial charge is 0.0206 e. The molecule has 1 fully saturated rings. The van der Waals surface area contributed by atoms with Crippen molar-refractivity contribution in [2.24, 2.45) is 11.8 Å². The summed E-state index contributed by atoms with van der Waals surface area (Å²) in [7, 11) is 0. The zero-order valence-corrected chi connectivity index (χ0v) is 10.0. The Kier molecular flexibility index (Phi) is 5.29. The highest BCUT2D eigenvalue weighted by Crippen LogP contribution is 2.32. The van der Waals surface area contributed by atoms with Crippen molar-refractivity contribution < 1.29 is 0 Å². The minimum atomic E-state index is 0.865. The molecule has 0 heteroatoms. The van der Waals surface area contributed by atoms with E-state index in [1.54, 1.807) is 5.57 Å². The predicted octanol–water partition coefficient (Wildman–Crippen LogP) is 4.95. The number of hydrogen-bond donors (Lipinski definition) is 0. The standard InChI is InChI=1S/C14H26/c1-4-13(5-2)11-12(3)14-9-7-6-8-10-14/h13-14H,3-11H2,1-2H3. The van der Waals surface area contributed by atoms with Gasteiger partial charge in [-0.1, -0.05) is 58.1 Å². The van der Waals surface area contributed by atoms with E-state index in [2.05, 4.69) is 20.4 Å². The van der Waals surface area contributed by atoms with Crippen molar-refractivity contribution in [2.75, 3.05) is 0 Å². The van der Waals surface area contributed by atoms with Gasteiger partial charge in [-0.25, -0.2) is 0 Å². The van der Waals surface area contributed by atoms with Crippen LogP contribution in [0.1, 0.15) is 65.2 Å². The fraction of sp³-hybridized carbons (Fsp3) is 0.857. The molecule has 0 saturated heterocycles. The van der Waals surface area contributed by atoms with Gasteiger partial charge in [0.2, 0.25) is 0 Å². The molecule has 0 aromatic rings. The summed E-state index contributed by atoms with van der Waals surface area (Å²) in [5.41, 5.74) is 1.55. The van der Waals surface area contributed by atoms with Crippen LogP contribution in [0.15, 0.2) is 12.2 Å². The van der Waals surface area contributed by atoms with Gasteiger partial charge in [-0.2, -0.15) is 0 Å². The molecule has 0 amide bonds. The van der Waals surface area contributed by atoms with Crippen molar-refractivity contribution in [1.82, 2.24) is 0 Å². The van der Waals surface area contributed by atoms with Gasteiger partial charge in [-0.15, -0.1) is 0 Å². The average molecular weight is 194 g/mol. The Balaban J connectivity index is 2.32. The van der Waals surface area contributed by atoms with Crippen LogP contribution in [-0.4, -0.2) is 0 Å². The van der Waals surface area contributed by atoms with Gasteiger partial charge in [-0.3, -0.25) is 0 Å². The average Bonchev–Trinajstić information content (AvgIpc) is 2.26. The summed E-state index contributed by atoms with van der Waals surface area (Å²) >= 11 is 0. The van der Waals surface area contributed by atoms with Crippen LogP contribution in [0.4, 0.5) is 0 Å². The Morgan fingerprint density at radius 2 is 1.71 bits per heavy atom. The fourth-order valence-electron chi connectivity index (χ4n) is 2.63. The summed E-state index contributed by atoms with van der Waals surface area (Å²) in [6.45, 7) is 8.93. The monoisotopic (exact) mass is 194 g/mol. The van der Waals surface area contributed by atoms with Crippen LogP contribution in [-0.2, 0) is 0 Å². The maximum atomic E-state index is 4.31. The molecule has 0 N–H and O–H groups in total. The lowest BCUT2D eigenvalue weighted by Gasteiger charge is -2.26. The Morgan fingerprint density at radius 1 is 1.14 bits per heavy atom. The van der Waals surface area contributed by atoms with E-state index in [0.717, 1.165) is 11.8 Å². The van der Waals surface area contributed by atoms with E-state index >= 15 is 0 Å². The topological polar surface area (TPSA) is 0 Å². The van der Waals surface area contributed by atoms with Crippen molar-refractivity contribution in [3.8, 4) is 0 Å². The first-order valence-electron chi connectivity index (χ1n) is 6.45. The van der Waals surface area contributed by atoms with Gasteiger partial charge in [0.05, 0.1) is 0 Å². The molecule has 0 atom stereocenters. The highest BCUT2D eigenvalue weighted by molar-refractivity contribution is 5.02. The zero-order valence-electron chi connectivity index (χ0n) is 10.0. The molecule has 14 heavy (non-hydrogen) atoms. The van der Waals surface area contributed by atoms with E-state index in [4.69, 9.17) is 0 Å². The van der Waals surface area contributed by atoms with E-state index in [1.165, 1.54) is 51.4 Å². The van der Waals surface area contributed by atoms with Crippen molar-refractivity contribution in [3.05, 3.63) is 12.2 Å². The van der Waals surface area contributed by atoms with Gasteiger partial charge < -0.3 is 0 Å².